The molecule has 0 aliphatic rings. The lowest BCUT2D eigenvalue weighted by Crippen LogP contribution is -2.11. The minimum Gasteiger partial charge on any atom is -0.398 e. The summed E-state index contributed by atoms with van der Waals surface area (Å²) in [5, 5.41) is 0. The molecule has 0 heterocycles. The van der Waals surface area contributed by atoms with Crippen molar-refractivity contribution in [3.63, 3.8) is 0 Å². The highest BCUT2D eigenvalue weighted by atomic mass is 32.2. The molecule has 2 aromatic carbocycles. The smallest absolute Gasteiger partial charge is 0.248 e. The van der Waals surface area contributed by atoms with Crippen LogP contribution in [0.3, 0.4) is 0 Å². The number of primary amides is 1. The van der Waals surface area contributed by atoms with E-state index in [9.17, 15) is 13.6 Å². The Labute approximate surface area is 112 Å². The highest BCUT2D eigenvalue weighted by molar-refractivity contribution is 7.99. The highest BCUT2D eigenvalue weighted by Gasteiger charge is 2.09. The second-order valence-corrected chi connectivity index (χ2v) is 4.88. The van der Waals surface area contributed by atoms with Crippen LogP contribution in [0.1, 0.15) is 10.4 Å². The minimum absolute atomic E-state index is 0.250. The first-order valence-electron chi connectivity index (χ1n) is 5.29. The number of amides is 1. The van der Waals surface area contributed by atoms with E-state index in [-0.39, 0.29) is 10.5 Å². The Hall–Kier alpha value is -2.08. The van der Waals surface area contributed by atoms with Crippen LogP contribution in [-0.2, 0) is 0 Å². The molecule has 3 nitrogen and oxygen atoms in total. The number of carbonyl (C=O) groups excluding carboxylic acids is 1. The van der Waals surface area contributed by atoms with Gasteiger partial charge in [-0.1, -0.05) is 11.8 Å². The quantitative estimate of drug-likeness (QED) is 0.849. The van der Waals surface area contributed by atoms with Crippen LogP contribution in [0.2, 0.25) is 0 Å². The number of halogens is 2. The zero-order valence-electron chi connectivity index (χ0n) is 9.69. The number of rotatable bonds is 3. The van der Waals surface area contributed by atoms with Crippen LogP contribution < -0.4 is 11.5 Å². The molecule has 0 aliphatic heterocycles. The Kier molecular flexibility index (Phi) is 3.71. The van der Waals surface area contributed by atoms with E-state index in [1.54, 1.807) is 6.07 Å². The van der Waals surface area contributed by atoms with Gasteiger partial charge in [0.05, 0.1) is 0 Å². The SMILES string of the molecule is NC(=O)c1ccc(Sc2ccc(F)cc2F)c(N)c1. The predicted molar refractivity (Wildman–Crippen MR) is 69.9 cm³/mol. The Morgan fingerprint density at radius 3 is 2.32 bits per heavy atom. The third-order valence-electron chi connectivity index (χ3n) is 2.41. The van der Waals surface area contributed by atoms with Crippen LogP contribution in [0.5, 0.6) is 0 Å². The lowest BCUT2D eigenvalue weighted by molar-refractivity contribution is 0.100. The van der Waals surface area contributed by atoms with Crippen molar-refractivity contribution in [1.82, 2.24) is 0 Å². The van der Waals surface area contributed by atoms with Gasteiger partial charge in [0, 0.05) is 27.1 Å². The van der Waals surface area contributed by atoms with Crippen LogP contribution in [0, 0.1) is 11.6 Å². The van der Waals surface area contributed by atoms with Crippen LogP contribution in [-0.4, -0.2) is 5.91 Å². The van der Waals surface area contributed by atoms with E-state index in [4.69, 9.17) is 11.5 Å². The number of anilines is 1. The molecule has 0 fully saturated rings. The van der Waals surface area contributed by atoms with Gasteiger partial charge < -0.3 is 11.5 Å². The first-order valence-corrected chi connectivity index (χ1v) is 6.11. The van der Waals surface area contributed by atoms with Gasteiger partial charge in [-0.05, 0) is 30.3 Å². The van der Waals surface area contributed by atoms with Gasteiger partial charge in [-0.25, -0.2) is 8.78 Å². The normalized spacial score (nSPS) is 10.4. The van der Waals surface area contributed by atoms with Crippen LogP contribution >= 0.6 is 11.8 Å². The average molecular weight is 280 g/mol. The van der Waals surface area contributed by atoms with Gasteiger partial charge in [0.25, 0.3) is 0 Å². The van der Waals surface area contributed by atoms with E-state index < -0.39 is 17.5 Å². The zero-order valence-corrected chi connectivity index (χ0v) is 10.5. The molecule has 0 aromatic heterocycles. The molecule has 0 saturated heterocycles. The van der Waals surface area contributed by atoms with Crippen molar-refractivity contribution in [2.75, 3.05) is 5.73 Å². The second-order valence-electron chi connectivity index (χ2n) is 3.79. The fourth-order valence-corrected chi connectivity index (χ4v) is 2.31. The van der Waals surface area contributed by atoms with Gasteiger partial charge >= 0.3 is 0 Å². The fraction of sp³-hybridized carbons (Fsp3) is 0. The van der Waals surface area contributed by atoms with Gasteiger partial charge in [-0.2, -0.15) is 0 Å². The molecule has 0 bridgehead atoms. The van der Waals surface area contributed by atoms with Crippen molar-refractivity contribution in [3.8, 4) is 0 Å². The number of carbonyl (C=O) groups is 1. The van der Waals surface area contributed by atoms with Crippen LogP contribution in [0.4, 0.5) is 14.5 Å². The van der Waals surface area contributed by atoms with E-state index in [0.717, 1.165) is 17.8 Å². The highest BCUT2D eigenvalue weighted by Crippen LogP contribution is 2.34. The van der Waals surface area contributed by atoms with Crippen LogP contribution in [0.15, 0.2) is 46.2 Å². The maximum Gasteiger partial charge on any atom is 0.248 e. The van der Waals surface area contributed by atoms with Gasteiger partial charge in [0.1, 0.15) is 11.6 Å². The molecule has 6 heteroatoms. The molecular weight excluding hydrogens is 270 g/mol. The van der Waals surface area contributed by atoms with E-state index in [1.165, 1.54) is 24.3 Å². The molecule has 0 unspecified atom stereocenters. The monoisotopic (exact) mass is 280 g/mol. The van der Waals surface area contributed by atoms with Crippen molar-refractivity contribution in [2.24, 2.45) is 5.73 Å². The third-order valence-corrected chi connectivity index (χ3v) is 3.55. The van der Waals surface area contributed by atoms with Crippen molar-refractivity contribution in [2.45, 2.75) is 9.79 Å². The molecule has 0 saturated carbocycles. The van der Waals surface area contributed by atoms with E-state index in [0.29, 0.717) is 10.6 Å². The van der Waals surface area contributed by atoms with E-state index in [2.05, 4.69) is 0 Å². The Morgan fingerprint density at radius 2 is 1.74 bits per heavy atom. The molecular formula is C13H10F2N2OS. The first kappa shape index (κ1) is 13.4. The summed E-state index contributed by atoms with van der Waals surface area (Å²) >= 11 is 1.05. The molecule has 0 radical (unpaired) electrons. The minimum atomic E-state index is -0.664. The van der Waals surface area contributed by atoms with Crippen molar-refractivity contribution in [1.29, 1.82) is 0 Å². The summed E-state index contributed by atoms with van der Waals surface area (Å²) in [6.45, 7) is 0. The van der Waals surface area contributed by atoms with Crippen molar-refractivity contribution < 1.29 is 13.6 Å². The summed E-state index contributed by atoms with van der Waals surface area (Å²) in [6, 6.07) is 7.80. The fourth-order valence-electron chi connectivity index (χ4n) is 1.47. The van der Waals surface area contributed by atoms with E-state index >= 15 is 0 Å². The summed E-state index contributed by atoms with van der Waals surface area (Å²) in [4.78, 5) is 11.8. The van der Waals surface area contributed by atoms with Gasteiger partial charge in [0.15, 0.2) is 0 Å². The van der Waals surface area contributed by atoms with Crippen molar-refractivity contribution >= 4 is 23.4 Å². The van der Waals surface area contributed by atoms with Crippen LogP contribution in [0.25, 0.3) is 0 Å². The van der Waals surface area contributed by atoms with Gasteiger partial charge in [-0.15, -0.1) is 0 Å². The van der Waals surface area contributed by atoms with Gasteiger partial charge in [0.2, 0.25) is 5.91 Å². The lowest BCUT2D eigenvalue weighted by Gasteiger charge is -2.07. The zero-order chi connectivity index (χ0) is 14.0. The first-order chi connectivity index (χ1) is 8.97. The Morgan fingerprint density at radius 1 is 1.05 bits per heavy atom. The summed E-state index contributed by atoms with van der Waals surface area (Å²) in [6.07, 6.45) is 0. The Balaban J connectivity index is 2.31. The second kappa shape index (κ2) is 5.27. The molecule has 0 aliphatic carbocycles. The third kappa shape index (κ3) is 3.03. The number of nitrogen functional groups attached to an aromatic ring is 1. The molecule has 1 amide bonds. The Bertz CT molecular complexity index is 647. The van der Waals surface area contributed by atoms with Gasteiger partial charge in [-0.3, -0.25) is 4.79 Å². The summed E-state index contributed by atoms with van der Waals surface area (Å²) in [5.41, 5.74) is 11.5. The standard InChI is InChI=1S/C13H10F2N2OS/c14-8-2-4-11(9(15)6-8)19-12-3-1-7(13(17)18)5-10(12)16/h1-6H,16H2,(H2,17,18). The largest absolute Gasteiger partial charge is 0.398 e. The average Bonchev–Trinajstić information content (AvgIpc) is 2.34. The van der Waals surface area contributed by atoms with Crippen molar-refractivity contribution in [3.05, 3.63) is 53.6 Å². The summed E-state index contributed by atoms with van der Waals surface area (Å²) in [7, 11) is 0. The predicted octanol–water partition coefficient (Wildman–Crippen LogP) is 2.80. The topological polar surface area (TPSA) is 69.1 Å². The summed E-state index contributed by atoms with van der Waals surface area (Å²) in [5.74, 6) is -1.89. The number of nitrogens with two attached hydrogens (primary N) is 2. The number of benzene rings is 2. The molecule has 2 aromatic rings. The maximum absolute atomic E-state index is 13.5. The number of hydrogen-bond donors (Lipinski definition) is 2. The molecule has 19 heavy (non-hydrogen) atoms. The molecule has 98 valence electrons. The molecule has 2 rings (SSSR count). The molecule has 0 atom stereocenters. The number of hydrogen-bond acceptors (Lipinski definition) is 3. The van der Waals surface area contributed by atoms with E-state index in [1.807, 2.05) is 0 Å². The lowest BCUT2D eigenvalue weighted by atomic mass is 10.2. The maximum atomic E-state index is 13.5. The molecule has 0 spiro atoms. The summed E-state index contributed by atoms with van der Waals surface area (Å²) < 4.78 is 26.3. The molecule has 4 N–H and O–H groups in total.